The van der Waals surface area contributed by atoms with Crippen LogP contribution in [-0.4, -0.2) is 32.1 Å². The molecule has 0 aliphatic carbocycles. The number of benzene rings is 1. The lowest BCUT2D eigenvalue weighted by Gasteiger charge is -2.14. The minimum atomic E-state index is -4.17. The summed E-state index contributed by atoms with van der Waals surface area (Å²) in [7, 11) is -4.17. The maximum absolute atomic E-state index is 13.1. The van der Waals surface area contributed by atoms with E-state index in [4.69, 9.17) is 25.6 Å². The van der Waals surface area contributed by atoms with Gasteiger partial charge in [-0.05, 0) is 43.8 Å². The van der Waals surface area contributed by atoms with E-state index in [0.29, 0.717) is 17.0 Å². The van der Waals surface area contributed by atoms with E-state index in [9.17, 15) is 18.0 Å². The highest BCUT2D eigenvalue weighted by Gasteiger charge is 2.30. The van der Waals surface area contributed by atoms with E-state index < -0.39 is 21.7 Å². The van der Waals surface area contributed by atoms with Gasteiger partial charge in [-0.1, -0.05) is 16.8 Å². The molecule has 1 aliphatic heterocycles. The molecule has 1 aromatic carbocycles. The standard InChI is InChI=1S/C19H16ClN3O7S2/c1-8-6-11-16(29-7-28-11)14(10(3)24)13(8)17(25)21-19-12(4-5-31-19)32(26,27)23-18-15(20)9(2)22-30-18/h4-6,23H,7H2,1-3H3,(H,21,25). The molecule has 0 spiro atoms. The van der Waals surface area contributed by atoms with Gasteiger partial charge in [-0.25, -0.2) is 13.1 Å². The summed E-state index contributed by atoms with van der Waals surface area (Å²) in [4.78, 5) is 25.2. The van der Waals surface area contributed by atoms with Crippen LogP contribution in [0, 0.1) is 13.8 Å². The van der Waals surface area contributed by atoms with Crippen LogP contribution in [0.5, 0.6) is 11.5 Å². The largest absolute Gasteiger partial charge is 0.454 e. The highest BCUT2D eigenvalue weighted by molar-refractivity contribution is 7.93. The molecular weight excluding hydrogens is 482 g/mol. The molecule has 1 amide bonds. The third-order valence-corrected chi connectivity index (χ3v) is 7.38. The number of nitrogens with one attached hydrogen (secondary N) is 2. The molecule has 13 heteroatoms. The third kappa shape index (κ3) is 3.80. The summed E-state index contributed by atoms with van der Waals surface area (Å²) >= 11 is 6.98. The number of Topliss-reactive ketones (excluding diaryl/α,β-unsaturated/α-hetero) is 1. The molecule has 2 aromatic heterocycles. The predicted octanol–water partition coefficient (Wildman–Crippen LogP) is 3.99. The lowest BCUT2D eigenvalue weighted by atomic mass is 9.96. The zero-order valence-electron chi connectivity index (χ0n) is 16.9. The van der Waals surface area contributed by atoms with Crippen molar-refractivity contribution in [2.24, 2.45) is 0 Å². The van der Waals surface area contributed by atoms with Crippen molar-refractivity contribution < 1.29 is 32.0 Å². The summed E-state index contributed by atoms with van der Waals surface area (Å²) in [5.41, 5.74) is 0.927. The van der Waals surface area contributed by atoms with Crippen molar-refractivity contribution >= 4 is 55.5 Å². The van der Waals surface area contributed by atoms with E-state index in [2.05, 4.69) is 15.2 Å². The summed E-state index contributed by atoms with van der Waals surface area (Å²) in [6, 6.07) is 2.91. The van der Waals surface area contributed by atoms with Crippen LogP contribution < -0.4 is 19.5 Å². The van der Waals surface area contributed by atoms with Crippen LogP contribution in [0.15, 0.2) is 26.9 Å². The molecule has 10 nitrogen and oxygen atoms in total. The van der Waals surface area contributed by atoms with Gasteiger partial charge in [0, 0.05) is 0 Å². The molecule has 0 radical (unpaired) electrons. The van der Waals surface area contributed by atoms with E-state index >= 15 is 0 Å². The van der Waals surface area contributed by atoms with Gasteiger partial charge in [0.1, 0.15) is 20.6 Å². The van der Waals surface area contributed by atoms with Gasteiger partial charge in [0.15, 0.2) is 17.3 Å². The topological polar surface area (TPSA) is 137 Å². The van der Waals surface area contributed by atoms with Crippen molar-refractivity contribution in [2.45, 2.75) is 25.7 Å². The quantitative estimate of drug-likeness (QED) is 0.488. The van der Waals surface area contributed by atoms with E-state index in [-0.39, 0.29) is 44.5 Å². The average molecular weight is 498 g/mol. The molecule has 2 N–H and O–H groups in total. The molecule has 32 heavy (non-hydrogen) atoms. The number of halogens is 1. The molecule has 4 rings (SSSR count). The number of fused-ring (bicyclic) bond motifs is 1. The summed E-state index contributed by atoms with van der Waals surface area (Å²) in [6.07, 6.45) is 0. The van der Waals surface area contributed by atoms with Gasteiger partial charge < -0.3 is 19.3 Å². The molecule has 0 atom stereocenters. The fourth-order valence-electron chi connectivity index (χ4n) is 3.16. The lowest BCUT2D eigenvalue weighted by molar-refractivity contribution is 0.0980. The minimum absolute atomic E-state index is 0.0245. The van der Waals surface area contributed by atoms with Crippen molar-refractivity contribution in [3.8, 4) is 11.5 Å². The Morgan fingerprint density at radius 2 is 1.97 bits per heavy atom. The number of amides is 1. The molecule has 0 saturated heterocycles. The number of hydrogen-bond donors (Lipinski definition) is 2. The summed E-state index contributed by atoms with van der Waals surface area (Å²) in [5.74, 6) is -0.746. The second-order valence-electron chi connectivity index (χ2n) is 6.82. The first-order valence-corrected chi connectivity index (χ1v) is 11.8. The van der Waals surface area contributed by atoms with Crippen molar-refractivity contribution in [1.29, 1.82) is 0 Å². The van der Waals surface area contributed by atoms with Crippen LogP contribution in [0.1, 0.15) is 38.9 Å². The van der Waals surface area contributed by atoms with Crippen molar-refractivity contribution in [3.63, 3.8) is 0 Å². The van der Waals surface area contributed by atoms with Gasteiger partial charge in [0.25, 0.3) is 21.8 Å². The molecule has 168 valence electrons. The normalized spacial score (nSPS) is 12.6. The van der Waals surface area contributed by atoms with Crippen LogP contribution in [-0.2, 0) is 10.0 Å². The van der Waals surface area contributed by atoms with Gasteiger partial charge in [-0.2, -0.15) is 0 Å². The average Bonchev–Trinajstić information content (AvgIpc) is 3.44. The van der Waals surface area contributed by atoms with Crippen LogP contribution in [0.2, 0.25) is 5.02 Å². The lowest BCUT2D eigenvalue weighted by Crippen LogP contribution is -2.20. The van der Waals surface area contributed by atoms with E-state index in [0.717, 1.165) is 11.3 Å². The zero-order valence-corrected chi connectivity index (χ0v) is 19.3. The Balaban J connectivity index is 1.68. The zero-order chi connectivity index (χ0) is 23.2. The third-order valence-electron chi connectivity index (χ3n) is 4.60. The van der Waals surface area contributed by atoms with E-state index in [1.807, 2.05) is 0 Å². The first kappa shape index (κ1) is 22.1. The van der Waals surface area contributed by atoms with Gasteiger partial charge in [-0.15, -0.1) is 11.3 Å². The van der Waals surface area contributed by atoms with Crippen LogP contribution in [0.25, 0.3) is 0 Å². The van der Waals surface area contributed by atoms with Crippen LogP contribution in [0.4, 0.5) is 10.9 Å². The molecule has 0 bridgehead atoms. The first-order valence-electron chi connectivity index (χ1n) is 9.07. The number of carbonyl (C=O) groups excluding carboxylic acids is 2. The van der Waals surface area contributed by atoms with Gasteiger partial charge >= 0.3 is 0 Å². The van der Waals surface area contributed by atoms with Gasteiger partial charge in [0.05, 0.1) is 11.1 Å². The highest BCUT2D eigenvalue weighted by Crippen LogP contribution is 2.40. The van der Waals surface area contributed by atoms with Crippen molar-refractivity contribution in [3.05, 3.63) is 44.9 Å². The monoisotopic (exact) mass is 497 g/mol. The second-order valence-corrected chi connectivity index (χ2v) is 9.76. The smallest absolute Gasteiger partial charge is 0.267 e. The SMILES string of the molecule is CC(=O)c1c2c(cc(C)c1C(=O)Nc1sccc1S(=O)(=O)Nc1onc(C)c1Cl)OCO2. The molecule has 3 heterocycles. The van der Waals surface area contributed by atoms with Crippen molar-refractivity contribution in [2.75, 3.05) is 16.8 Å². The van der Waals surface area contributed by atoms with E-state index in [1.165, 1.54) is 18.4 Å². The Bertz CT molecular complexity index is 1360. The summed E-state index contributed by atoms with van der Waals surface area (Å²) < 4.78 is 43.5. The Morgan fingerprint density at radius 1 is 1.22 bits per heavy atom. The number of aromatic nitrogens is 1. The summed E-state index contributed by atoms with van der Waals surface area (Å²) in [6.45, 7) is 4.44. The summed E-state index contributed by atoms with van der Waals surface area (Å²) in [5, 5.41) is 7.74. The number of sulfonamides is 1. The molecule has 0 unspecified atom stereocenters. The number of anilines is 2. The Kier molecular flexibility index (Phi) is 5.61. The molecule has 0 saturated carbocycles. The number of ether oxygens (including phenoxy) is 2. The van der Waals surface area contributed by atoms with E-state index in [1.54, 1.807) is 19.9 Å². The fourth-order valence-corrected chi connectivity index (χ4v) is 5.61. The Morgan fingerprint density at radius 3 is 2.62 bits per heavy atom. The molecule has 3 aromatic rings. The number of thiophene rings is 1. The predicted molar refractivity (Wildman–Crippen MR) is 117 cm³/mol. The maximum atomic E-state index is 13.1. The molecular formula is C19H16ClN3O7S2. The number of ketones is 1. The number of hydrogen-bond acceptors (Lipinski definition) is 9. The number of carbonyl (C=O) groups is 2. The highest BCUT2D eigenvalue weighted by atomic mass is 35.5. The number of rotatable bonds is 6. The molecule has 0 fully saturated rings. The Hall–Kier alpha value is -3.09. The minimum Gasteiger partial charge on any atom is -0.454 e. The Labute approximate surface area is 191 Å². The van der Waals surface area contributed by atoms with Gasteiger partial charge in [-0.3, -0.25) is 9.59 Å². The number of aryl methyl sites for hydroxylation is 2. The maximum Gasteiger partial charge on any atom is 0.267 e. The van der Waals surface area contributed by atoms with Crippen molar-refractivity contribution in [1.82, 2.24) is 5.16 Å². The number of nitrogens with zero attached hydrogens (tertiary/aromatic N) is 1. The van der Waals surface area contributed by atoms with Crippen LogP contribution in [0.3, 0.4) is 0 Å². The van der Waals surface area contributed by atoms with Gasteiger partial charge in [0.2, 0.25) is 6.79 Å². The fraction of sp³-hybridized carbons (Fsp3) is 0.211. The van der Waals surface area contributed by atoms with Crippen LogP contribution >= 0.6 is 22.9 Å². The molecule has 1 aliphatic rings. The second kappa shape index (κ2) is 8.11. The first-order chi connectivity index (χ1) is 15.1.